The molecule has 152 valence electrons. The van der Waals surface area contributed by atoms with Crippen molar-refractivity contribution in [2.24, 2.45) is 0 Å². The fraction of sp³-hybridized carbons (Fsp3) is 0.381. The predicted octanol–water partition coefficient (Wildman–Crippen LogP) is 2.83. The molecule has 0 saturated heterocycles. The summed E-state index contributed by atoms with van der Waals surface area (Å²) in [7, 11) is -3.59. The van der Waals surface area contributed by atoms with Crippen molar-refractivity contribution in [3.05, 3.63) is 59.2 Å². The van der Waals surface area contributed by atoms with E-state index in [-0.39, 0.29) is 12.5 Å². The van der Waals surface area contributed by atoms with Gasteiger partial charge in [-0.15, -0.1) is 0 Å². The molecule has 0 heterocycles. The molecule has 0 aromatic heterocycles. The van der Waals surface area contributed by atoms with Gasteiger partial charge < -0.3 is 10.1 Å². The van der Waals surface area contributed by atoms with Crippen LogP contribution in [0.5, 0.6) is 5.75 Å². The Bertz CT molecular complexity index is 909. The largest absolute Gasteiger partial charge is 0.492 e. The van der Waals surface area contributed by atoms with Crippen molar-refractivity contribution in [2.45, 2.75) is 27.2 Å². The zero-order valence-corrected chi connectivity index (χ0v) is 17.7. The van der Waals surface area contributed by atoms with Gasteiger partial charge in [0.2, 0.25) is 15.9 Å². The number of nitrogens with zero attached hydrogens (tertiary/aromatic N) is 1. The third-order valence-electron chi connectivity index (χ3n) is 4.56. The maximum Gasteiger partial charge on any atom is 0.240 e. The van der Waals surface area contributed by atoms with Gasteiger partial charge in [-0.3, -0.25) is 9.10 Å². The van der Waals surface area contributed by atoms with Crippen LogP contribution in [-0.2, 0) is 21.2 Å². The Labute approximate surface area is 167 Å². The van der Waals surface area contributed by atoms with Crippen LogP contribution in [0.25, 0.3) is 0 Å². The van der Waals surface area contributed by atoms with E-state index in [4.69, 9.17) is 4.74 Å². The van der Waals surface area contributed by atoms with Gasteiger partial charge in [-0.2, -0.15) is 0 Å². The maximum atomic E-state index is 12.3. The van der Waals surface area contributed by atoms with Crippen molar-refractivity contribution in [3.63, 3.8) is 0 Å². The van der Waals surface area contributed by atoms with Gasteiger partial charge in [0.1, 0.15) is 18.9 Å². The number of benzene rings is 2. The zero-order chi connectivity index (χ0) is 20.7. The lowest BCUT2D eigenvalue weighted by molar-refractivity contribution is -0.119. The number of ether oxygens (including phenoxy) is 1. The van der Waals surface area contributed by atoms with Gasteiger partial charge >= 0.3 is 0 Å². The molecule has 0 saturated carbocycles. The lowest BCUT2D eigenvalue weighted by Crippen LogP contribution is -2.41. The number of hydrogen-bond acceptors (Lipinski definition) is 4. The zero-order valence-electron chi connectivity index (χ0n) is 16.9. The minimum absolute atomic E-state index is 0.270. The normalized spacial score (nSPS) is 11.1. The van der Waals surface area contributed by atoms with Crippen LogP contribution in [0.1, 0.15) is 23.6 Å². The van der Waals surface area contributed by atoms with E-state index in [9.17, 15) is 13.2 Å². The first-order chi connectivity index (χ1) is 13.2. The van der Waals surface area contributed by atoms with Gasteiger partial charge in [0.25, 0.3) is 0 Å². The van der Waals surface area contributed by atoms with Gasteiger partial charge in [-0.1, -0.05) is 31.2 Å². The first-order valence-electron chi connectivity index (χ1n) is 9.24. The molecule has 1 N–H and O–H groups in total. The maximum absolute atomic E-state index is 12.3. The Morgan fingerprint density at radius 2 is 1.79 bits per heavy atom. The third kappa shape index (κ3) is 5.99. The number of nitrogens with one attached hydrogen (secondary N) is 1. The second-order valence-corrected chi connectivity index (χ2v) is 8.59. The second kappa shape index (κ2) is 9.59. The molecule has 0 unspecified atom stereocenters. The topological polar surface area (TPSA) is 75.7 Å². The van der Waals surface area contributed by atoms with Crippen LogP contribution in [0.3, 0.4) is 0 Å². The third-order valence-corrected chi connectivity index (χ3v) is 5.68. The first-order valence-corrected chi connectivity index (χ1v) is 11.1. The van der Waals surface area contributed by atoms with E-state index >= 15 is 0 Å². The van der Waals surface area contributed by atoms with E-state index in [0.29, 0.717) is 18.8 Å². The fourth-order valence-electron chi connectivity index (χ4n) is 2.75. The number of hydrogen-bond donors (Lipinski definition) is 1. The summed E-state index contributed by atoms with van der Waals surface area (Å²) in [5.74, 6) is 0.357. The highest BCUT2D eigenvalue weighted by Gasteiger charge is 2.22. The molecule has 0 aliphatic heterocycles. The molecule has 0 fully saturated rings. The van der Waals surface area contributed by atoms with E-state index in [1.807, 2.05) is 44.2 Å². The van der Waals surface area contributed by atoms with Gasteiger partial charge in [0.05, 0.1) is 18.5 Å². The summed E-state index contributed by atoms with van der Waals surface area (Å²) in [5.41, 5.74) is 3.55. The van der Waals surface area contributed by atoms with Crippen molar-refractivity contribution in [3.8, 4) is 5.75 Å². The van der Waals surface area contributed by atoms with E-state index in [1.165, 1.54) is 5.56 Å². The van der Waals surface area contributed by atoms with Gasteiger partial charge in [0, 0.05) is 0 Å². The molecule has 1 amide bonds. The average molecular weight is 405 g/mol. The molecule has 0 atom stereocenters. The van der Waals surface area contributed by atoms with E-state index in [2.05, 4.69) is 12.2 Å². The first kappa shape index (κ1) is 21.8. The van der Waals surface area contributed by atoms with Crippen LogP contribution in [-0.4, -0.2) is 40.3 Å². The second-order valence-electron chi connectivity index (χ2n) is 6.68. The monoisotopic (exact) mass is 404 g/mol. The summed E-state index contributed by atoms with van der Waals surface area (Å²) in [5, 5.41) is 2.71. The molecular weight excluding hydrogens is 376 g/mol. The number of anilines is 1. The molecule has 0 radical (unpaired) electrons. The minimum Gasteiger partial charge on any atom is -0.492 e. The van der Waals surface area contributed by atoms with Crippen LogP contribution >= 0.6 is 0 Å². The highest BCUT2D eigenvalue weighted by atomic mass is 32.2. The van der Waals surface area contributed by atoms with Crippen molar-refractivity contribution in [1.82, 2.24) is 5.32 Å². The van der Waals surface area contributed by atoms with Crippen LogP contribution in [0.2, 0.25) is 0 Å². The molecule has 2 rings (SSSR count). The molecule has 28 heavy (non-hydrogen) atoms. The molecule has 0 spiro atoms. The summed E-state index contributed by atoms with van der Waals surface area (Å²) in [6.45, 7) is 6.16. The van der Waals surface area contributed by atoms with E-state index in [1.54, 1.807) is 12.1 Å². The van der Waals surface area contributed by atoms with Crippen LogP contribution in [0.4, 0.5) is 5.69 Å². The van der Waals surface area contributed by atoms with Crippen LogP contribution < -0.4 is 14.4 Å². The molecule has 0 aliphatic carbocycles. The SMILES string of the molecule is CCc1ccc(OCCNC(=O)CN(c2cccc(C)c2C)S(C)(=O)=O)cc1. The molecule has 6 nitrogen and oxygen atoms in total. The average Bonchev–Trinajstić information content (AvgIpc) is 2.65. The summed E-state index contributed by atoms with van der Waals surface area (Å²) >= 11 is 0. The van der Waals surface area contributed by atoms with Crippen LogP contribution in [0, 0.1) is 13.8 Å². The summed E-state index contributed by atoms with van der Waals surface area (Å²) < 4.78 is 31.2. The predicted molar refractivity (Wildman–Crippen MR) is 112 cm³/mol. The lowest BCUT2D eigenvalue weighted by Gasteiger charge is -2.24. The Morgan fingerprint density at radius 3 is 2.39 bits per heavy atom. The minimum atomic E-state index is -3.59. The Morgan fingerprint density at radius 1 is 1.11 bits per heavy atom. The fourth-order valence-corrected chi connectivity index (χ4v) is 3.66. The van der Waals surface area contributed by atoms with Crippen molar-refractivity contribution in [2.75, 3.05) is 30.3 Å². The number of carbonyl (C=O) groups is 1. The van der Waals surface area contributed by atoms with E-state index in [0.717, 1.165) is 33.9 Å². The molecule has 2 aromatic carbocycles. The lowest BCUT2D eigenvalue weighted by atomic mass is 10.1. The number of sulfonamides is 1. The number of aryl methyl sites for hydroxylation is 2. The molecule has 7 heteroatoms. The summed E-state index contributed by atoms with van der Waals surface area (Å²) in [6.07, 6.45) is 2.07. The standard InChI is InChI=1S/C21H28N2O4S/c1-5-18-9-11-19(12-10-18)27-14-13-22-21(24)15-23(28(4,25)26)20-8-6-7-16(2)17(20)3/h6-12H,5,13-15H2,1-4H3,(H,22,24). The number of carbonyl (C=O) groups excluding carboxylic acids is 1. The van der Waals surface area contributed by atoms with Gasteiger partial charge in [-0.05, 0) is 55.2 Å². The smallest absolute Gasteiger partial charge is 0.240 e. The van der Waals surface area contributed by atoms with Crippen molar-refractivity contribution >= 4 is 21.6 Å². The Balaban J connectivity index is 1.92. The highest BCUT2D eigenvalue weighted by molar-refractivity contribution is 7.92. The Hall–Kier alpha value is -2.54. The van der Waals surface area contributed by atoms with Gasteiger partial charge in [0.15, 0.2) is 0 Å². The number of amides is 1. The van der Waals surface area contributed by atoms with Crippen molar-refractivity contribution in [1.29, 1.82) is 0 Å². The summed E-state index contributed by atoms with van der Waals surface area (Å²) in [6, 6.07) is 13.2. The summed E-state index contributed by atoms with van der Waals surface area (Å²) in [4.78, 5) is 12.3. The van der Waals surface area contributed by atoms with Crippen molar-refractivity contribution < 1.29 is 17.9 Å². The quantitative estimate of drug-likeness (QED) is 0.652. The highest BCUT2D eigenvalue weighted by Crippen LogP contribution is 2.24. The molecule has 0 bridgehead atoms. The molecule has 2 aromatic rings. The van der Waals surface area contributed by atoms with Crippen LogP contribution in [0.15, 0.2) is 42.5 Å². The molecule has 0 aliphatic rings. The Kier molecular flexibility index (Phi) is 7.45. The number of rotatable bonds is 9. The van der Waals surface area contributed by atoms with Gasteiger partial charge in [-0.25, -0.2) is 8.42 Å². The molecular formula is C21H28N2O4S. The van der Waals surface area contributed by atoms with E-state index < -0.39 is 10.0 Å².